The number of amides is 2. The number of carbonyl (C=O) groups excluding carboxylic acids is 2. The van der Waals surface area contributed by atoms with Crippen LogP contribution in [0.1, 0.15) is 18.9 Å². The number of para-hydroxylation sites is 2. The van der Waals surface area contributed by atoms with Crippen molar-refractivity contribution in [3.05, 3.63) is 60.2 Å². The Balaban J connectivity index is 1.63. The summed E-state index contributed by atoms with van der Waals surface area (Å²) in [6, 6.07) is 16.8. The molecule has 0 saturated heterocycles. The Morgan fingerprint density at radius 1 is 0.846 bits per heavy atom. The average Bonchev–Trinajstić information content (AvgIpc) is 2.67. The summed E-state index contributed by atoms with van der Waals surface area (Å²) in [6.45, 7) is 3.01. The number of rotatable bonds is 10. The molecule has 0 heterocycles. The number of benzene rings is 2. The molecule has 138 valence electrons. The van der Waals surface area contributed by atoms with Gasteiger partial charge < -0.3 is 20.1 Å². The van der Waals surface area contributed by atoms with Gasteiger partial charge >= 0.3 is 0 Å². The fraction of sp³-hybridized carbons (Fsp3) is 0.300. The lowest BCUT2D eigenvalue weighted by atomic mass is 10.2. The zero-order valence-corrected chi connectivity index (χ0v) is 14.9. The second-order valence-electron chi connectivity index (χ2n) is 5.53. The first-order chi connectivity index (χ1) is 12.7. The van der Waals surface area contributed by atoms with E-state index in [4.69, 9.17) is 9.47 Å². The van der Waals surface area contributed by atoms with Gasteiger partial charge in [0.1, 0.15) is 0 Å². The maximum absolute atomic E-state index is 11.8. The number of hydrogen-bond acceptors (Lipinski definition) is 4. The van der Waals surface area contributed by atoms with Gasteiger partial charge in [0.05, 0.1) is 6.61 Å². The molecule has 6 nitrogen and oxygen atoms in total. The maximum Gasteiger partial charge on any atom is 0.257 e. The van der Waals surface area contributed by atoms with E-state index in [-0.39, 0.29) is 31.4 Å². The molecule has 2 aromatic carbocycles. The molecule has 2 amide bonds. The summed E-state index contributed by atoms with van der Waals surface area (Å²) in [5.41, 5.74) is 1.03. The van der Waals surface area contributed by atoms with E-state index in [2.05, 4.69) is 10.6 Å². The smallest absolute Gasteiger partial charge is 0.257 e. The van der Waals surface area contributed by atoms with Crippen molar-refractivity contribution in [1.29, 1.82) is 0 Å². The van der Waals surface area contributed by atoms with Crippen molar-refractivity contribution in [3.63, 3.8) is 0 Å². The van der Waals surface area contributed by atoms with Crippen LogP contribution in [0.4, 0.5) is 0 Å². The van der Waals surface area contributed by atoms with E-state index in [1.807, 2.05) is 49.4 Å². The predicted molar refractivity (Wildman–Crippen MR) is 99.0 cm³/mol. The van der Waals surface area contributed by atoms with Gasteiger partial charge in [-0.25, -0.2) is 0 Å². The largest absolute Gasteiger partial charge is 0.490 e. The summed E-state index contributed by atoms with van der Waals surface area (Å²) in [5.74, 6) is 0.720. The van der Waals surface area contributed by atoms with Gasteiger partial charge in [0.15, 0.2) is 18.1 Å². The fourth-order valence-electron chi connectivity index (χ4n) is 2.24. The van der Waals surface area contributed by atoms with Crippen LogP contribution in [-0.4, -0.2) is 31.6 Å². The fourth-order valence-corrected chi connectivity index (χ4v) is 2.24. The Bertz CT molecular complexity index is 704. The van der Waals surface area contributed by atoms with Crippen molar-refractivity contribution in [3.8, 4) is 11.5 Å². The number of ether oxygens (including phenoxy) is 2. The maximum atomic E-state index is 11.8. The van der Waals surface area contributed by atoms with Crippen LogP contribution in [0.2, 0.25) is 0 Å². The second-order valence-corrected chi connectivity index (χ2v) is 5.53. The minimum atomic E-state index is -0.285. The minimum Gasteiger partial charge on any atom is -0.490 e. The lowest BCUT2D eigenvalue weighted by molar-refractivity contribution is -0.123. The molecule has 0 radical (unpaired) electrons. The predicted octanol–water partition coefficient (Wildman–Crippen LogP) is 2.29. The third-order valence-electron chi connectivity index (χ3n) is 3.51. The SMILES string of the molecule is CCOc1ccccc1OCC(=O)NCCC(=O)NCc1ccccc1. The highest BCUT2D eigenvalue weighted by molar-refractivity contribution is 5.79. The number of hydrogen-bond donors (Lipinski definition) is 2. The van der Waals surface area contributed by atoms with E-state index in [0.29, 0.717) is 24.7 Å². The molecule has 2 aromatic rings. The van der Waals surface area contributed by atoms with Crippen LogP contribution in [-0.2, 0) is 16.1 Å². The van der Waals surface area contributed by atoms with Crippen molar-refractivity contribution in [2.45, 2.75) is 19.9 Å². The molecule has 0 aliphatic heterocycles. The van der Waals surface area contributed by atoms with Crippen molar-refractivity contribution >= 4 is 11.8 Å². The Kier molecular flexibility index (Phi) is 7.99. The first-order valence-corrected chi connectivity index (χ1v) is 8.61. The Hall–Kier alpha value is -3.02. The molecule has 0 bridgehead atoms. The van der Waals surface area contributed by atoms with E-state index in [9.17, 15) is 9.59 Å². The van der Waals surface area contributed by atoms with Gasteiger partial charge in [-0.1, -0.05) is 42.5 Å². The molecule has 0 aromatic heterocycles. The molecule has 0 aliphatic rings. The molecular weight excluding hydrogens is 332 g/mol. The molecule has 2 N–H and O–H groups in total. The topological polar surface area (TPSA) is 76.7 Å². The van der Waals surface area contributed by atoms with Crippen LogP contribution in [0.15, 0.2) is 54.6 Å². The Labute approximate surface area is 153 Å². The lowest BCUT2D eigenvalue weighted by Crippen LogP contribution is -2.33. The number of carbonyl (C=O) groups is 2. The van der Waals surface area contributed by atoms with E-state index in [1.165, 1.54) is 0 Å². The molecular formula is C20H24N2O4. The molecule has 0 aliphatic carbocycles. The lowest BCUT2D eigenvalue weighted by Gasteiger charge is -2.11. The Morgan fingerprint density at radius 2 is 1.50 bits per heavy atom. The van der Waals surface area contributed by atoms with Crippen LogP contribution in [0.25, 0.3) is 0 Å². The molecule has 0 spiro atoms. The molecule has 6 heteroatoms. The van der Waals surface area contributed by atoms with E-state index >= 15 is 0 Å². The van der Waals surface area contributed by atoms with Crippen LogP contribution in [0, 0.1) is 0 Å². The molecule has 0 saturated carbocycles. The second kappa shape index (κ2) is 10.8. The van der Waals surface area contributed by atoms with Crippen LogP contribution < -0.4 is 20.1 Å². The van der Waals surface area contributed by atoms with Gasteiger partial charge in [-0.15, -0.1) is 0 Å². The van der Waals surface area contributed by atoms with Crippen LogP contribution in [0.5, 0.6) is 11.5 Å². The molecule has 0 atom stereocenters. The summed E-state index contributed by atoms with van der Waals surface area (Å²) in [7, 11) is 0. The van der Waals surface area contributed by atoms with Crippen LogP contribution >= 0.6 is 0 Å². The van der Waals surface area contributed by atoms with E-state index in [1.54, 1.807) is 12.1 Å². The number of nitrogens with one attached hydrogen (secondary N) is 2. The molecule has 26 heavy (non-hydrogen) atoms. The quantitative estimate of drug-likeness (QED) is 0.685. The van der Waals surface area contributed by atoms with Gasteiger partial charge in [-0.2, -0.15) is 0 Å². The summed E-state index contributed by atoms with van der Waals surface area (Å²) in [5, 5.41) is 5.48. The van der Waals surface area contributed by atoms with Crippen molar-refractivity contribution < 1.29 is 19.1 Å². The average molecular weight is 356 g/mol. The molecule has 0 fully saturated rings. The highest BCUT2D eigenvalue weighted by atomic mass is 16.5. The van der Waals surface area contributed by atoms with Crippen molar-refractivity contribution in [1.82, 2.24) is 10.6 Å². The summed E-state index contributed by atoms with van der Waals surface area (Å²) < 4.78 is 10.9. The Morgan fingerprint density at radius 3 is 2.19 bits per heavy atom. The van der Waals surface area contributed by atoms with Crippen molar-refractivity contribution in [2.24, 2.45) is 0 Å². The zero-order chi connectivity index (χ0) is 18.6. The molecule has 0 unspecified atom stereocenters. The van der Waals surface area contributed by atoms with Crippen molar-refractivity contribution in [2.75, 3.05) is 19.8 Å². The van der Waals surface area contributed by atoms with Gasteiger partial charge in [-0.3, -0.25) is 9.59 Å². The first-order valence-electron chi connectivity index (χ1n) is 8.61. The van der Waals surface area contributed by atoms with Crippen LogP contribution in [0.3, 0.4) is 0 Å². The van der Waals surface area contributed by atoms with E-state index in [0.717, 1.165) is 5.56 Å². The summed E-state index contributed by atoms with van der Waals surface area (Å²) in [4.78, 5) is 23.6. The van der Waals surface area contributed by atoms with Gasteiger partial charge in [0.2, 0.25) is 5.91 Å². The monoisotopic (exact) mass is 356 g/mol. The van der Waals surface area contributed by atoms with Gasteiger partial charge in [0.25, 0.3) is 5.91 Å². The highest BCUT2D eigenvalue weighted by Gasteiger charge is 2.08. The van der Waals surface area contributed by atoms with E-state index < -0.39 is 0 Å². The zero-order valence-electron chi connectivity index (χ0n) is 14.9. The summed E-state index contributed by atoms with van der Waals surface area (Å²) >= 11 is 0. The van der Waals surface area contributed by atoms with Gasteiger partial charge in [0, 0.05) is 19.5 Å². The standard InChI is InChI=1S/C20H24N2O4/c1-2-25-17-10-6-7-11-18(17)26-15-20(24)21-13-12-19(23)22-14-16-8-4-3-5-9-16/h3-11H,2,12-15H2,1H3,(H,21,24)(H,22,23). The highest BCUT2D eigenvalue weighted by Crippen LogP contribution is 2.26. The third kappa shape index (κ3) is 6.84. The molecule has 2 rings (SSSR count). The first kappa shape index (κ1) is 19.3. The third-order valence-corrected chi connectivity index (χ3v) is 3.51. The summed E-state index contributed by atoms with van der Waals surface area (Å²) in [6.07, 6.45) is 0.216. The van der Waals surface area contributed by atoms with Gasteiger partial charge in [-0.05, 0) is 24.6 Å². The normalized spacial score (nSPS) is 10.0. The minimum absolute atomic E-state index is 0.114.